The number of aryl methyl sites for hydroxylation is 1. The van der Waals surface area contributed by atoms with Gasteiger partial charge in [-0.05, 0) is 43.7 Å². The molecule has 0 spiro atoms. The van der Waals surface area contributed by atoms with Gasteiger partial charge in [-0.3, -0.25) is 4.57 Å². The summed E-state index contributed by atoms with van der Waals surface area (Å²) in [5.74, 6) is 2.73. The van der Waals surface area contributed by atoms with Gasteiger partial charge in [0, 0.05) is 36.7 Å². The minimum atomic E-state index is 0.0256. The van der Waals surface area contributed by atoms with Gasteiger partial charge in [-0.25, -0.2) is 9.97 Å². The molecule has 0 amide bonds. The van der Waals surface area contributed by atoms with Crippen molar-refractivity contribution in [1.29, 1.82) is 0 Å². The van der Waals surface area contributed by atoms with E-state index >= 15 is 0 Å². The maximum absolute atomic E-state index is 9.71. The molecule has 2 heterocycles. The fourth-order valence-corrected chi connectivity index (χ4v) is 2.72. The number of rotatable bonds is 6. The topological polar surface area (TPSA) is 72.2 Å². The van der Waals surface area contributed by atoms with Crippen molar-refractivity contribution >= 4 is 0 Å². The molecule has 0 saturated heterocycles. The zero-order chi connectivity index (χ0) is 17.8. The van der Waals surface area contributed by atoms with E-state index in [1.165, 1.54) is 0 Å². The summed E-state index contributed by atoms with van der Waals surface area (Å²) in [6.07, 6.45) is 5.51. The van der Waals surface area contributed by atoms with E-state index in [1.807, 2.05) is 42.9 Å². The van der Waals surface area contributed by atoms with E-state index in [4.69, 9.17) is 4.74 Å². The van der Waals surface area contributed by atoms with E-state index in [9.17, 15) is 5.11 Å². The van der Waals surface area contributed by atoms with Crippen molar-refractivity contribution < 1.29 is 9.84 Å². The summed E-state index contributed by atoms with van der Waals surface area (Å²) in [5.41, 5.74) is 1.99. The van der Waals surface area contributed by atoms with Crippen molar-refractivity contribution in [2.24, 2.45) is 0 Å². The van der Waals surface area contributed by atoms with Gasteiger partial charge in [-0.1, -0.05) is 6.07 Å². The predicted octanol–water partition coefficient (Wildman–Crippen LogP) is 3.14. The summed E-state index contributed by atoms with van der Waals surface area (Å²) < 4.78 is 7.31. The molecule has 0 aliphatic carbocycles. The maximum atomic E-state index is 9.71. The number of hydrogen-bond donors (Lipinski definition) is 2. The van der Waals surface area contributed by atoms with Crippen LogP contribution in [0.25, 0.3) is 5.82 Å². The van der Waals surface area contributed by atoms with Gasteiger partial charge in [-0.15, -0.1) is 0 Å². The van der Waals surface area contributed by atoms with Crippen molar-refractivity contribution in [1.82, 2.24) is 19.9 Å². The van der Waals surface area contributed by atoms with Gasteiger partial charge in [0.1, 0.15) is 23.1 Å². The Morgan fingerprint density at radius 3 is 2.72 bits per heavy atom. The van der Waals surface area contributed by atoms with Gasteiger partial charge < -0.3 is 15.2 Å². The minimum Gasteiger partial charge on any atom is -0.508 e. The first-order valence-corrected chi connectivity index (χ1v) is 8.14. The zero-order valence-corrected chi connectivity index (χ0v) is 14.6. The molecule has 0 bridgehead atoms. The molecule has 0 aliphatic rings. The van der Waals surface area contributed by atoms with Crippen LogP contribution >= 0.6 is 0 Å². The van der Waals surface area contributed by atoms with Crippen LogP contribution in [0.4, 0.5) is 0 Å². The maximum Gasteiger partial charge on any atom is 0.137 e. The smallest absolute Gasteiger partial charge is 0.137 e. The third-order valence-corrected chi connectivity index (χ3v) is 4.17. The number of phenolic OH excluding ortho intramolecular Hbond substituents is 1. The second kappa shape index (κ2) is 7.36. The molecule has 0 fully saturated rings. The summed E-state index contributed by atoms with van der Waals surface area (Å²) in [5, 5.41) is 13.1. The van der Waals surface area contributed by atoms with E-state index in [1.54, 1.807) is 31.5 Å². The highest BCUT2D eigenvalue weighted by atomic mass is 16.5. The molecule has 6 nitrogen and oxygen atoms in total. The number of aromatic nitrogens is 3. The van der Waals surface area contributed by atoms with Crippen LogP contribution in [0.3, 0.4) is 0 Å². The molecule has 1 aromatic carbocycles. The number of ether oxygens (including phenoxy) is 1. The Morgan fingerprint density at radius 1 is 1.24 bits per heavy atom. The lowest BCUT2D eigenvalue weighted by Gasteiger charge is -2.17. The second-order valence-electron chi connectivity index (χ2n) is 5.90. The molecule has 0 aliphatic heterocycles. The van der Waals surface area contributed by atoms with E-state index in [0.29, 0.717) is 6.54 Å². The van der Waals surface area contributed by atoms with Crippen LogP contribution in [0.1, 0.15) is 29.9 Å². The van der Waals surface area contributed by atoms with Crippen LogP contribution in [0.2, 0.25) is 0 Å². The predicted molar refractivity (Wildman–Crippen MR) is 96.0 cm³/mol. The Bertz CT molecular complexity index is 843. The lowest BCUT2D eigenvalue weighted by atomic mass is 10.1. The molecule has 2 N–H and O–H groups in total. The van der Waals surface area contributed by atoms with Crippen LogP contribution in [-0.2, 0) is 6.54 Å². The molecule has 3 aromatic rings. The lowest BCUT2D eigenvalue weighted by molar-refractivity contribution is 0.398. The fourth-order valence-electron chi connectivity index (χ4n) is 2.72. The number of aromatic hydroxyl groups is 1. The van der Waals surface area contributed by atoms with Crippen LogP contribution in [0.5, 0.6) is 11.5 Å². The van der Waals surface area contributed by atoms with E-state index in [-0.39, 0.29) is 11.8 Å². The summed E-state index contributed by atoms with van der Waals surface area (Å²) in [7, 11) is 1.63. The monoisotopic (exact) mass is 338 g/mol. The Kier molecular flexibility index (Phi) is 5.00. The van der Waals surface area contributed by atoms with Crippen molar-refractivity contribution in [3.05, 3.63) is 65.9 Å². The summed E-state index contributed by atoms with van der Waals surface area (Å²) in [6.45, 7) is 4.64. The highest BCUT2D eigenvalue weighted by Gasteiger charge is 2.12. The van der Waals surface area contributed by atoms with Gasteiger partial charge in [-0.2, -0.15) is 0 Å². The van der Waals surface area contributed by atoms with E-state index in [0.717, 1.165) is 28.5 Å². The summed E-state index contributed by atoms with van der Waals surface area (Å²) >= 11 is 0. The first-order valence-electron chi connectivity index (χ1n) is 8.14. The highest BCUT2D eigenvalue weighted by Crippen LogP contribution is 2.28. The van der Waals surface area contributed by atoms with Gasteiger partial charge in [0.2, 0.25) is 0 Å². The van der Waals surface area contributed by atoms with Crippen LogP contribution in [0, 0.1) is 6.92 Å². The molecule has 2 aromatic heterocycles. The Morgan fingerprint density at radius 2 is 2.08 bits per heavy atom. The quantitative estimate of drug-likeness (QED) is 0.722. The van der Waals surface area contributed by atoms with Gasteiger partial charge in [0.15, 0.2) is 0 Å². The van der Waals surface area contributed by atoms with Gasteiger partial charge >= 0.3 is 0 Å². The highest BCUT2D eigenvalue weighted by molar-refractivity contribution is 5.41. The molecule has 130 valence electrons. The normalized spacial score (nSPS) is 12.1. The number of pyridine rings is 1. The molecule has 25 heavy (non-hydrogen) atoms. The summed E-state index contributed by atoms with van der Waals surface area (Å²) in [6, 6.07) is 9.16. The standard InChI is InChI=1S/C19H22N4O2/c1-13(17-10-16(24)5-6-18(17)25-3)21-11-15-4-7-19(22-12-15)23-9-8-20-14(23)2/h4-10,12-13,21,24H,11H2,1-3H3. The molecular formula is C19H22N4O2. The number of imidazole rings is 1. The third kappa shape index (κ3) is 3.80. The van der Waals surface area contributed by atoms with Crippen LogP contribution in [-0.4, -0.2) is 26.8 Å². The Balaban J connectivity index is 1.67. The number of nitrogens with zero attached hydrogens (tertiary/aromatic N) is 3. The van der Waals surface area contributed by atoms with Gasteiger partial charge in [0.25, 0.3) is 0 Å². The second-order valence-corrected chi connectivity index (χ2v) is 5.90. The van der Waals surface area contributed by atoms with E-state index < -0.39 is 0 Å². The molecule has 0 saturated carbocycles. The number of nitrogens with one attached hydrogen (secondary N) is 1. The minimum absolute atomic E-state index is 0.0256. The average molecular weight is 338 g/mol. The number of benzene rings is 1. The summed E-state index contributed by atoms with van der Waals surface area (Å²) in [4.78, 5) is 8.71. The zero-order valence-electron chi connectivity index (χ0n) is 14.6. The SMILES string of the molecule is COc1ccc(O)cc1C(C)NCc1ccc(-n2ccnc2C)nc1. The lowest BCUT2D eigenvalue weighted by Crippen LogP contribution is -2.19. The van der Waals surface area contributed by atoms with Crippen LogP contribution in [0.15, 0.2) is 48.9 Å². The van der Waals surface area contributed by atoms with Crippen molar-refractivity contribution in [3.8, 4) is 17.3 Å². The van der Waals surface area contributed by atoms with Crippen molar-refractivity contribution in [3.63, 3.8) is 0 Å². The molecule has 0 radical (unpaired) electrons. The molecule has 3 rings (SSSR count). The molecule has 1 atom stereocenters. The first kappa shape index (κ1) is 17.0. The Hall–Kier alpha value is -2.86. The Labute approximate surface area is 147 Å². The largest absolute Gasteiger partial charge is 0.508 e. The van der Waals surface area contributed by atoms with Gasteiger partial charge in [0.05, 0.1) is 7.11 Å². The number of methoxy groups -OCH3 is 1. The molecule has 1 unspecified atom stereocenters. The number of phenols is 1. The number of hydrogen-bond acceptors (Lipinski definition) is 5. The first-order chi connectivity index (χ1) is 12.1. The molecular weight excluding hydrogens is 316 g/mol. The van der Waals surface area contributed by atoms with E-state index in [2.05, 4.69) is 15.3 Å². The average Bonchev–Trinajstić information content (AvgIpc) is 3.06. The third-order valence-electron chi connectivity index (χ3n) is 4.17. The van der Waals surface area contributed by atoms with Crippen molar-refractivity contribution in [2.75, 3.05) is 7.11 Å². The molecule has 6 heteroatoms. The van der Waals surface area contributed by atoms with Crippen molar-refractivity contribution in [2.45, 2.75) is 26.4 Å². The van der Waals surface area contributed by atoms with Crippen LogP contribution < -0.4 is 10.1 Å². The fraction of sp³-hybridized carbons (Fsp3) is 0.263.